The molecule has 0 bridgehead atoms. The molecular formula is C11H23AlO. The van der Waals surface area contributed by atoms with Crippen molar-refractivity contribution in [2.24, 2.45) is 11.8 Å². The molecule has 0 amide bonds. The summed E-state index contributed by atoms with van der Waals surface area (Å²) in [6.07, 6.45) is 2.49. The summed E-state index contributed by atoms with van der Waals surface area (Å²) in [6.45, 7) is 8.94. The summed E-state index contributed by atoms with van der Waals surface area (Å²) >= 11 is -1.01. The van der Waals surface area contributed by atoms with Gasteiger partial charge >= 0.3 is 14.1 Å². The molecule has 0 aromatic carbocycles. The molecule has 0 atom stereocenters. The molecule has 2 heteroatoms. The first kappa shape index (κ1) is 13.2. The van der Waals surface area contributed by atoms with Gasteiger partial charge in [-0.25, -0.2) is 0 Å². The van der Waals surface area contributed by atoms with E-state index < -0.39 is 14.1 Å². The number of hydrogen-bond donors (Lipinski definition) is 0. The maximum absolute atomic E-state index is 10.8. The summed E-state index contributed by atoms with van der Waals surface area (Å²) in [7, 11) is 0. The summed E-state index contributed by atoms with van der Waals surface area (Å²) < 4.78 is 0. The molecule has 0 unspecified atom stereocenters. The van der Waals surface area contributed by atoms with E-state index >= 15 is 0 Å². The van der Waals surface area contributed by atoms with Gasteiger partial charge in [0.2, 0.25) is 0 Å². The van der Waals surface area contributed by atoms with Crippen molar-refractivity contribution in [3.05, 3.63) is 0 Å². The molecule has 0 saturated carbocycles. The smallest absolute Gasteiger partial charge is 0.324 e. The normalized spacial score (nSPS) is 10.9. The Balaban J connectivity index is 3.57. The first-order valence-electron chi connectivity index (χ1n) is 5.51. The van der Waals surface area contributed by atoms with Crippen LogP contribution in [0.1, 0.15) is 40.5 Å². The van der Waals surface area contributed by atoms with Crippen LogP contribution in [0.15, 0.2) is 0 Å². The fourth-order valence-electron chi connectivity index (χ4n) is 1.38. The number of carbonyl (C=O) groups excluding carboxylic acids is 1. The van der Waals surface area contributed by atoms with Crippen molar-refractivity contribution in [2.75, 3.05) is 0 Å². The molecule has 0 spiro atoms. The van der Waals surface area contributed by atoms with Gasteiger partial charge in [-0.2, -0.15) is 0 Å². The molecule has 0 aliphatic rings. The Kier molecular flexibility index (Phi) is 7.71. The molecule has 1 nitrogen and oxygen atoms in total. The van der Waals surface area contributed by atoms with Crippen LogP contribution in [-0.2, 0) is 4.79 Å². The number of rotatable bonds is 7. The second-order valence-electron chi connectivity index (χ2n) is 4.84. The number of carbonyl (C=O) groups is 1. The minimum absolute atomic E-state index is 0.758. The van der Waals surface area contributed by atoms with Crippen LogP contribution in [0.2, 0.25) is 10.6 Å². The largest absolute Gasteiger partial charge is 0.360 e. The molecule has 0 aromatic heterocycles. The molecule has 0 saturated heterocycles. The Bertz CT molecular complexity index is 120. The monoisotopic (exact) mass is 198 g/mol. The fourth-order valence-corrected chi connectivity index (χ4v) is 4.13. The van der Waals surface area contributed by atoms with E-state index in [1.165, 1.54) is 28.6 Å². The molecule has 0 radical (unpaired) electrons. The lowest BCUT2D eigenvalue weighted by molar-refractivity contribution is 0.564. The average molecular weight is 198 g/mol. The quantitative estimate of drug-likeness (QED) is 0.453. The van der Waals surface area contributed by atoms with E-state index in [0.29, 0.717) is 0 Å². The van der Waals surface area contributed by atoms with Crippen LogP contribution >= 0.6 is 0 Å². The van der Waals surface area contributed by atoms with Crippen molar-refractivity contribution in [3.63, 3.8) is 0 Å². The summed E-state index contributed by atoms with van der Waals surface area (Å²) in [5.41, 5.74) is 0. The Hall–Kier alpha value is 0.202. The van der Waals surface area contributed by atoms with Gasteiger partial charge < -0.3 is 4.79 Å². The van der Waals surface area contributed by atoms with E-state index in [-0.39, 0.29) is 0 Å². The van der Waals surface area contributed by atoms with Crippen LogP contribution < -0.4 is 0 Å². The molecule has 0 N–H and O–H groups in total. The highest BCUT2D eigenvalue weighted by Crippen LogP contribution is 2.13. The van der Waals surface area contributed by atoms with Crippen molar-refractivity contribution in [1.82, 2.24) is 0 Å². The highest BCUT2D eigenvalue weighted by molar-refractivity contribution is 6.84. The molecule has 0 rings (SSSR count). The van der Waals surface area contributed by atoms with E-state index in [1.807, 2.05) is 0 Å². The zero-order valence-electron chi connectivity index (χ0n) is 9.55. The van der Waals surface area contributed by atoms with E-state index in [4.69, 9.17) is 0 Å². The molecule has 76 valence electrons. The summed E-state index contributed by atoms with van der Waals surface area (Å²) in [4.78, 5) is 10.8. The van der Waals surface area contributed by atoms with E-state index in [1.54, 1.807) is 0 Å². The maximum Gasteiger partial charge on any atom is 0.360 e. The second-order valence-corrected chi connectivity index (χ2v) is 7.79. The van der Waals surface area contributed by atoms with Gasteiger partial charge in [0.15, 0.2) is 0 Å². The van der Waals surface area contributed by atoms with Crippen molar-refractivity contribution in [2.45, 2.75) is 51.1 Å². The Morgan fingerprint density at radius 1 is 1.00 bits per heavy atom. The third kappa shape index (κ3) is 8.53. The third-order valence-corrected chi connectivity index (χ3v) is 4.96. The van der Waals surface area contributed by atoms with Crippen LogP contribution in [0.3, 0.4) is 0 Å². The molecule has 0 aliphatic heterocycles. The van der Waals surface area contributed by atoms with Crippen LogP contribution in [0.5, 0.6) is 0 Å². The van der Waals surface area contributed by atoms with Gasteiger partial charge in [0.1, 0.15) is 0 Å². The van der Waals surface area contributed by atoms with Crippen molar-refractivity contribution in [3.8, 4) is 0 Å². The summed E-state index contributed by atoms with van der Waals surface area (Å²) in [5, 5.41) is 3.71. The molecular weight excluding hydrogens is 175 g/mol. The SMILES string of the molecule is CC(C)C[CH2][Al]([CH]=O)[CH2]CC(C)C. The van der Waals surface area contributed by atoms with Gasteiger partial charge in [-0.15, -0.1) is 0 Å². The van der Waals surface area contributed by atoms with Crippen LogP contribution in [-0.4, -0.2) is 19.3 Å². The van der Waals surface area contributed by atoms with Crippen molar-refractivity contribution >= 4 is 19.3 Å². The Morgan fingerprint density at radius 2 is 1.38 bits per heavy atom. The van der Waals surface area contributed by atoms with E-state index in [2.05, 4.69) is 27.7 Å². The minimum Gasteiger partial charge on any atom is -0.324 e. The zero-order chi connectivity index (χ0) is 10.3. The molecule has 0 fully saturated rings. The van der Waals surface area contributed by atoms with E-state index in [0.717, 1.165) is 11.8 Å². The molecule has 0 aliphatic carbocycles. The summed E-state index contributed by atoms with van der Waals surface area (Å²) in [5.74, 6) is 1.52. The predicted molar refractivity (Wildman–Crippen MR) is 61.0 cm³/mol. The zero-order valence-corrected chi connectivity index (χ0v) is 10.7. The first-order valence-corrected chi connectivity index (χ1v) is 7.81. The Morgan fingerprint density at radius 3 is 1.62 bits per heavy atom. The van der Waals surface area contributed by atoms with Gasteiger partial charge in [0.25, 0.3) is 0 Å². The molecule has 13 heavy (non-hydrogen) atoms. The first-order chi connectivity index (χ1) is 6.06. The second kappa shape index (κ2) is 7.59. The van der Waals surface area contributed by atoms with Crippen LogP contribution in [0, 0.1) is 11.8 Å². The van der Waals surface area contributed by atoms with Crippen molar-refractivity contribution in [1.29, 1.82) is 0 Å². The standard InChI is InChI=1S/2C5H11.CHO.Al/c2*1-4-5(2)3;1-2;/h2*5H,1,4H2,2-3H3;1H;. The summed E-state index contributed by atoms with van der Waals surface area (Å²) in [6, 6.07) is 0. The van der Waals surface area contributed by atoms with Crippen LogP contribution in [0.4, 0.5) is 0 Å². The lowest BCUT2D eigenvalue weighted by Crippen LogP contribution is -2.16. The predicted octanol–water partition coefficient (Wildman–Crippen LogP) is 3.35. The van der Waals surface area contributed by atoms with Gasteiger partial charge in [-0.05, 0) is 11.8 Å². The lowest BCUT2D eigenvalue weighted by atomic mass is 10.2. The molecule has 0 heterocycles. The average Bonchev–Trinajstić information content (AvgIpc) is 2.04. The van der Waals surface area contributed by atoms with Gasteiger partial charge in [0.05, 0.1) is 0 Å². The molecule has 0 aromatic rings. The van der Waals surface area contributed by atoms with E-state index in [9.17, 15) is 4.79 Å². The maximum atomic E-state index is 10.8. The fraction of sp³-hybridized carbons (Fsp3) is 0.909. The Labute approximate surface area is 87.3 Å². The van der Waals surface area contributed by atoms with Gasteiger partial charge in [0, 0.05) is 5.15 Å². The minimum atomic E-state index is -1.01. The number of hydrogen-bond acceptors (Lipinski definition) is 1. The third-order valence-electron chi connectivity index (χ3n) is 2.42. The van der Waals surface area contributed by atoms with Gasteiger partial charge in [-0.1, -0.05) is 51.1 Å². The van der Waals surface area contributed by atoms with Crippen LogP contribution in [0.25, 0.3) is 0 Å². The lowest BCUT2D eigenvalue weighted by Gasteiger charge is -2.08. The highest BCUT2D eigenvalue weighted by atomic mass is 27.2. The topological polar surface area (TPSA) is 17.1 Å². The highest BCUT2D eigenvalue weighted by Gasteiger charge is 2.17. The van der Waals surface area contributed by atoms with Crippen molar-refractivity contribution < 1.29 is 4.79 Å². The van der Waals surface area contributed by atoms with Gasteiger partial charge in [-0.3, -0.25) is 0 Å².